The number of hydrogen-bond donors (Lipinski definition) is 1. The fraction of sp³-hybridized carbons (Fsp3) is 1.00. The summed E-state index contributed by atoms with van der Waals surface area (Å²) >= 11 is 0. The van der Waals surface area contributed by atoms with Gasteiger partial charge in [0.2, 0.25) is 0 Å². The molecule has 1 rings (SSSR count). The van der Waals surface area contributed by atoms with E-state index in [1.807, 2.05) is 0 Å². The summed E-state index contributed by atoms with van der Waals surface area (Å²) in [7, 11) is 0. The molecular formula is C15H31N. The van der Waals surface area contributed by atoms with Crippen LogP contribution in [-0.4, -0.2) is 12.6 Å². The number of rotatable bonds is 4. The highest BCUT2D eigenvalue weighted by Gasteiger charge is 2.23. The third-order valence-electron chi connectivity index (χ3n) is 3.97. The summed E-state index contributed by atoms with van der Waals surface area (Å²) < 4.78 is 0. The lowest BCUT2D eigenvalue weighted by molar-refractivity contribution is 0.225. The van der Waals surface area contributed by atoms with E-state index in [0.29, 0.717) is 5.41 Å². The summed E-state index contributed by atoms with van der Waals surface area (Å²) in [6.07, 6.45) is 6.97. The van der Waals surface area contributed by atoms with Gasteiger partial charge in [-0.2, -0.15) is 0 Å². The van der Waals surface area contributed by atoms with Crippen LogP contribution in [0.1, 0.15) is 66.7 Å². The van der Waals surface area contributed by atoms with Crippen molar-refractivity contribution in [3.63, 3.8) is 0 Å². The smallest absolute Gasteiger partial charge is 0.00698 e. The van der Waals surface area contributed by atoms with Crippen molar-refractivity contribution in [3.05, 3.63) is 0 Å². The summed E-state index contributed by atoms with van der Waals surface area (Å²) in [5.41, 5.74) is 0.471. The average Bonchev–Trinajstić information content (AvgIpc) is 2.16. The van der Waals surface area contributed by atoms with E-state index in [9.17, 15) is 0 Å². The molecule has 0 spiro atoms. The maximum absolute atomic E-state index is 3.76. The molecule has 16 heavy (non-hydrogen) atoms. The minimum Gasteiger partial charge on any atom is -0.314 e. The molecule has 96 valence electrons. The highest BCUT2D eigenvalue weighted by Crippen LogP contribution is 2.30. The third kappa shape index (κ3) is 5.34. The summed E-state index contributed by atoms with van der Waals surface area (Å²) in [5, 5.41) is 3.76. The van der Waals surface area contributed by atoms with Gasteiger partial charge in [0.15, 0.2) is 0 Å². The quantitative estimate of drug-likeness (QED) is 0.755. The van der Waals surface area contributed by atoms with Gasteiger partial charge in [-0.1, -0.05) is 47.5 Å². The molecular weight excluding hydrogens is 194 g/mol. The lowest BCUT2D eigenvalue weighted by Gasteiger charge is -2.33. The van der Waals surface area contributed by atoms with Crippen LogP contribution in [0.25, 0.3) is 0 Å². The Hall–Kier alpha value is -0.0400. The fourth-order valence-electron chi connectivity index (χ4n) is 2.67. The lowest BCUT2D eigenvalue weighted by Crippen LogP contribution is -2.37. The summed E-state index contributed by atoms with van der Waals surface area (Å²) in [6, 6.07) is 0.795. The lowest BCUT2D eigenvalue weighted by atomic mass is 9.79. The van der Waals surface area contributed by atoms with Crippen LogP contribution >= 0.6 is 0 Å². The molecule has 0 aliphatic heterocycles. The van der Waals surface area contributed by atoms with Crippen LogP contribution < -0.4 is 5.32 Å². The zero-order valence-electron chi connectivity index (χ0n) is 12.0. The van der Waals surface area contributed by atoms with E-state index in [2.05, 4.69) is 39.9 Å². The van der Waals surface area contributed by atoms with Crippen molar-refractivity contribution in [2.24, 2.45) is 17.3 Å². The molecule has 0 aromatic carbocycles. The van der Waals surface area contributed by atoms with E-state index in [4.69, 9.17) is 0 Å². The third-order valence-corrected chi connectivity index (χ3v) is 3.97. The minimum absolute atomic E-state index is 0.471. The fourth-order valence-corrected chi connectivity index (χ4v) is 2.67. The van der Waals surface area contributed by atoms with Crippen molar-refractivity contribution in [2.75, 3.05) is 6.54 Å². The normalized spacial score (nSPS) is 27.4. The Morgan fingerprint density at radius 1 is 1.19 bits per heavy atom. The van der Waals surface area contributed by atoms with E-state index in [-0.39, 0.29) is 0 Å². The molecule has 1 aliphatic carbocycles. The maximum atomic E-state index is 3.76. The van der Waals surface area contributed by atoms with E-state index < -0.39 is 0 Å². The van der Waals surface area contributed by atoms with Crippen LogP contribution in [-0.2, 0) is 0 Å². The molecule has 0 bridgehead atoms. The van der Waals surface area contributed by atoms with Crippen molar-refractivity contribution in [1.29, 1.82) is 0 Å². The van der Waals surface area contributed by atoms with Crippen molar-refractivity contribution in [2.45, 2.75) is 72.8 Å². The Morgan fingerprint density at radius 2 is 1.88 bits per heavy atom. The van der Waals surface area contributed by atoms with Gasteiger partial charge < -0.3 is 5.32 Å². The highest BCUT2D eigenvalue weighted by atomic mass is 14.9. The molecule has 0 heterocycles. The van der Waals surface area contributed by atoms with E-state index in [1.54, 1.807) is 0 Å². The van der Waals surface area contributed by atoms with Crippen molar-refractivity contribution >= 4 is 0 Å². The van der Waals surface area contributed by atoms with Gasteiger partial charge in [0.1, 0.15) is 0 Å². The molecule has 1 N–H and O–H groups in total. The van der Waals surface area contributed by atoms with E-state index in [1.165, 1.54) is 38.6 Å². The zero-order valence-corrected chi connectivity index (χ0v) is 12.0. The van der Waals surface area contributed by atoms with Crippen LogP contribution in [0.3, 0.4) is 0 Å². The molecule has 1 nitrogen and oxygen atoms in total. The first-order valence-corrected chi connectivity index (χ1v) is 7.12. The SMILES string of the molecule is CC(C)C1CCCC(NCCC(C)(C)C)C1. The van der Waals surface area contributed by atoms with Crippen LogP contribution in [0.2, 0.25) is 0 Å². The monoisotopic (exact) mass is 225 g/mol. The van der Waals surface area contributed by atoms with Gasteiger partial charge in [0.25, 0.3) is 0 Å². The molecule has 2 unspecified atom stereocenters. The molecule has 1 saturated carbocycles. The zero-order chi connectivity index (χ0) is 12.2. The second-order valence-electron chi connectivity index (χ2n) is 7.13. The molecule has 0 radical (unpaired) electrons. The van der Waals surface area contributed by atoms with Gasteiger partial charge in [0.05, 0.1) is 0 Å². The van der Waals surface area contributed by atoms with E-state index >= 15 is 0 Å². The molecule has 0 aromatic heterocycles. The number of hydrogen-bond acceptors (Lipinski definition) is 1. The maximum Gasteiger partial charge on any atom is 0.00698 e. The Kier molecular flexibility index (Phi) is 5.30. The first kappa shape index (κ1) is 14.0. The molecule has 1 heteroatoms. The van der Waals surface area contributed by atoms with Gasteiger partial charge in [-0.3, -0.25) is 0 Å². The second kappa shape index (κ2) is 6.05. The number of nitrogens with one attached hydrogen (secondary N) is 1. The summed E-state index contributed by atoms with van der Waals surface area (Å²) in [4.78, 5) is 0. The average molecular weight is 225 g/mol. The van der Waals surface area contributed by atoms with Gasteiger partial charge in [-0.05, 0) is 43.1 Å². The standard InChI is InChI=1S/C15H31N/c1-12(2)13-7-6-8-14(11-13)16-10-9-15(3,4)5/h12-14,16H,6-11H2,1-5H3. The molecule has 1 aliphatic rings. The van der Waals surface area contributed by atoms with E-state index in [0.717, 1.165) is 17.9 Å². The van der Waals surface area contributed by atoms with Crippen LogP contribution in [0.4, 0.5) is 0 Å². The molecule has 0 saturated heterocycles. The Labute approximate surface area is 102 Å². The largest absolute Gasteiger partial charge is 0.314 e. The van der Waals surface area contributed by atoms with Gasteiger partial charge in [-0.15, -0.1) is 0 Å². The second-order valence-corrected chi connectivity index (χ2v) is 7.13. The molecule has 0 amide bonds. The van der Waals surface area contributed by atoms with Crippen molar-refractivity contribution in [3.8, 4) is 0 Å². The predicted octanol–water partition coefficient (Wildman–Crippen LogP) is 4.23. The van der Waals surface area contributed by atoms with Gasteiger partial charge in [-0.25, -0.2) is 0 Å². The summed E-state index contributed by atoms with van der Waals surface area (Å²) in [6.45, 7) is 12.9. The molecule has 2 atom stereocenters. The van der Waals surface area contributed by atoms with Gasteiger partial charge in [0, 0.05) is 6.04 Å². The predicted molar refractivity (Wildman–Crippen MR) is 72.7 cm³/mol. The Morgan fingerprint density at radius 3 is 2.44 bits per heavy atom. The highest BCUT2D eigenvalue weighted by molar-refractivity contribution is 4.80. The molecule has 1 fully saturated rings. The van der Waals surface area contributed by atoms with Crippen LogP contribution in [0, 0.1) is 17.3 Å². The summed E-state index contributed by atoms with van der Waals surface area (Å²) in [5.74, 6) is 1.83. The Bertz CT molecular complexity index is 190. The van der Waals surface area contributed by atoms with Crippen LogP contribution in [0.15, 0.2) is 0 Å². The van der Waals surface area contributed by atoms with Crippen LogP contribution in [0.5, 0.6) is 0 Å². The van der Waals surface area contributed by atoms with Crippen molar-refractivity contribution < 1.29 is 0 Å². The topological polar surface area (TPSA) is 12.0 Å². The minimum atomic E-state index is 0.471. The van der Waals surface area contributed by atoms with Crippen molar-refractivity contribution in [1.82, 2.24) is 5.32 Å². The Balaban J connectivity index is 2.22. The first-order chi connectivity index (χ1) is 7.38. The molecule has 0 aromatic rings. The van der Waals surface area contributed by atoms with Gasteiger partial charge >= 0.3 is 0 Å². The first-order valence-electron chi connectivity index (χ1n) is 7.12.